The van der Waals surface area contributed by atoms with Crippen LogP contribution in [0.4, 0.5) is 17.1 Å². The van der Waals surface area contributed by atoms with E-state index in [2.05, 4.69) is 10.4 Å². The van der Waals surface area contributed by atoms with Crippen molar-refractivity contribution in [3.8, 4) is 0 Å². The lowest BCUT2D eigenvalue weighted by atomic mass is 10.1. The summed E-state index contributed by atoms with van der Waals surface area (Å²) in [6, 6.07) is 3.39. The van der Waals surface area contributed by atoms with Crippen LogP contribution in [0.15, 0.2) is 18.2 Å². The number of hydrogen-bond donors (Lipinski definition) is 2. The number of anilines is 2. The lowest BCUT2D eigenvalue weighted by molar-refractivity contribution is -0.384. The summed E-state index contributed by atoms with van der Waals surface area (Å²) in [6.45, 7) is 4.95. The highest BCUT2D eigenvalue weighted by Crippen LogP contribution is 2.22. The molecule has 0 saturated carbocycles. The first-order chi connectivity index (χ1) is 12.1. The summed E-state index contributed by atoms with van der Waals surface area (Å²) < 4.78 is 6.73. The third-order valence-electron chi connectivity index (χ3n) is 3.88. The molecule has 0 aliphatic heterocycles. The van der Waals surface area contributed by atoms with E-state index in [1.807, 2.05) is 0 Å². The number of amides is 1. The predicted octanol–water partition coefficient (Wildman–Crippen LogP) is 1.71. The third kappa shape index (κ3) is 3.79. The molecule has 0 saturated heterocycles. The van der Waals surface area contributed by atoms with E-state index in [-0.39, 0.29) is 16.9 Å². The van der Waals surface area contributed by atoms with Crippen LogP contribution in [0.5, 0.6) is 0 Å². The molecule has 0 aliphatic carbocycles. The number of hydrogen-bond acceptors (Lipinski definition) is 7. The molecule has 1 atom stereocenters. The van der Waals surface area contributed by atoms with Crippen molar-refractivity contribution >= 4 is 28.9 Å². The number of ether oxygens (including phenoxy) is 1. The van der Waals surface area contributed by atoms with E-state index in [1.165, 1.54) is 13.0 Å². The van der Waals surface area contributed by atoms with Gasteiger partial charge in [0.1, 0.15) is 0 Å². The number of carbonyl (C=O) groups is 2. The van der Waals surface area contributed by atoms with E-state index in [0.29, 0.717) is 11.4 Å². The van der Waals surface area contributed by atoms with E-state index >= 15 is 0 Å². The number of rotatable bonds is 5. The van der Waals surface area contributed by atoms with Gasteiger partial charge in [-0.05, 0) is 26.8 Å². The van der Waals surface area contributed by atoms with E-state index in [4.69, 9.17) is 10.5 Å². The van der Waals surface area contributed by atoms with Gasteiger partial charge in [0.15, 0.2) is 6.10 Å². The number of nitrogens with one attached hydrogen (secondary N) is 1. The largest absolute Gasteiger partial charge is 0.449 e. The molecule has 1 aromatic carbocycles. The van der Waals surface area contributed by atoms with Crippen LogP contribution in [0.3, 0.4) is 0 Å². The number of nitrogen functional groups attached to an aromatic ring is 1. The van der Waals surface area contributed by atoms with Crippen LogP contribution in [0.2, 0.25) is 0 Å². The van der Waals surface area contributed by atoms with Crippen molar-refractivity contribution in [1.29, 1.82) is 0 Å². The van der Waals surface area contributed by atoms with Gasteiger partial charge in [0, 0.05) is 19.2 Å². The molecular weight excluding hydrogens is 342 g/mol. The van der Waals surface area contributed by atoms with Crippen LogP contribution in [-0.4, -0.2) is 32.7 Å². The number of aryl methyl sites for hydroxylation is 2. The number of nitro benzene ring substituents is 1. The van der Waals surface area contributed by atoms with E-state index in [9.17, 15) is 19.7 Å². The maximum Gasteiger partial charge on any atom is 0.341 e. The molecule has 0 bridgehead atoms. The molecular formula is C16H19N5O5. The molecule has 10 heteroatoms. The number of nitrogens with zero attached hydrogens (tertiary/aromatic N) is 3. The van der Waals surface area contributed by atoms with E-state index in [1.54, 1.807) is 25.6 Å². The smallest absolute Gasteiger partial charge is 0.341 e. The zero-order valence-corrected chi connectivity index (χ0v) is 14.8. The molecule has 10 nitrogen and oxygen atoms in total. The number of non-ortho nitro benzene ring substituents is 1. The molecule has 0 radical (unpaired) electrons. The van der Waals surface area contributed by atoms with Crippen molar-refractivity contribution in [3.63, 3.8) is 0 Å². The minimum absolute atomic E-state index is 0.0519. The van der Waals surface area contributed by atoms with E-state index < -0.39 is 22.9 Å². The van der Waals surface area contributed by atoms with Gasteiger partial charge >= 0.3 is 5.97 Å². The highest BCUT2D eigenvalue weighted by molar-refractivity contribution is 6.00. The first-order valence-electron chi connectivity index (χ1n) is 7.67. The van der Waals surface area contributed by atoms with E-state index in [0.717, 1.165) is 17.8 Å². The van der Waals surface area contributed by atoms with Gasteiger partial charge < -0.3 is 15.8 Å². The molecule has 0 spiro atoms. The summed E-state index contributed by atoms with van der Waals surface area (Å²) in [6.07, 6.45) is -1.10. The SMILES string of the molecule is Cc1nn(C)c(C)c1NC(=O)C(C)OC(=O)c1ccc([N+](=O)[O-])cc1N. The fourth-order valence-corrected chi connectivity index (χ4v) is 2.31. The van der Waals surface area contributed by atoms with Crippen molar-refractivity contribution in [1.82, 2.24) is 9.78 Å². The molecule has 1 unspecified atom stereocenters. The van der Waals surface area contributed by atoms with Crippen molar-refractivity contribution in [2.75, 3.05) is 11.1 Å². The molecule has 0 aliphatic rings. The van der Waals surface area contributed by atoms with Gasteiger partial charge in [-0.2, -0.15) is 5.10 Å². The Morgan fingerprint density at radius 2 is 2.04 bits per heavy atom. The quantitative estimate of drug-likeness (QED) is 0.357. The fraction of sp³-hybridized carbons (Fsp3) is 0.312. The van der Waals surface area contributed by atoms with Crippen molar-refractivity contribution in [3.05, 3.63) is 45.3 Å². The Kier molecular flexibility index (Phi) is 5.24. The summed E-state index contributed by atoms with van der Waals surface area (Å²) in [5, 5.41) is 17.6. The van der Waals surface area contributed by atoms with Gasteiger partial charge in [0.05, 0.1) is 33.2 Å². The van der Waals surface area contributed by atoms with Gasteiger partial charge in [0.2, 0.25) is 0 Å². The number of aromatic nitrogens is 2. The maximum absolute atomic E-state index is 12.3. The summed E-state index contributed by atoms with van der Waals surface area (Å²) in [4.78, 5) is 34.5. The van der Waals surface area contributed by atoms with Gasteiger partial charge in [-0.25, -0.2) is 4.79 Å². The highest BCUT2D eigenvalue weighted by Gasteiger charge is 2.23. The lowest BCUT2D eigenvalue weighted by Gasteiger charge is -2.14. The number of nitro groups is 1. The minimum atomic E-state index is -1.10. The van der Waals surface area contributed by atoms with Crippen LogP contribution in [-0.2, 0) is 16.6 Å². The normalized spacial score (nSPS) is 11.7. The Morgan fingerprint density at radius 1 is 1.38 bits per heavy atom. The second-order valence-corrected chi connectivity index (χ2v) is 5.73. The summed E-state index contributed by atoms with van der Waals surface area (Å²) >= 11 is 0. The second kappa shape index (κ2) is 7.21. The Morgan fingerprint density at radius 3 is 2.54 bits per heavy atom. The summed E-state index contributed by atoms with van der Waals surface area (Å²) in [5.74, 6) is -1.38. The molecule has 26 heavy (non-hydrogen) atoms. The molecule has 2 aromatic rings. The minimum Gasteiger partial charge on any atom is -0.449 e. The number of nitrogens with two attached hydrogens (primary N) is 1. The number of benzene rings is 1. The van der Waals surface area contributed by atoms with Crippen molar-refractivity contribution < 1.29 is 19.2 Å². The van der Waals surface area contributed by atoms with Gasteiger partial charge in [-0.15, -0.1) is 0 Å². The van der Waals surface area contributed by atoms with Crippen molar-refractivity contribution in [2.45, 2.75) is 26.9 Å². The molecule has 138 valence electrons. The monoisotopic (exact) mass is 361 g/mol. The third-order valence-corrected chi connectivity index (χ3v) is 3.88. The Bertz CT molecular complexity index is 889. The molecule has 1 amide bonds. The first kappa shape index (κ1) is 18.9. The van der Waals surface area contributed by atoms with Crippen LogP contribution in [0.25, 0.3) is 0 Å². The Labute approximate surface area is 149 Å². The molecule has 0 fully saturated rings. The van der Waals surface area contributed by atoms with Crippen LogP contribution >= 0.6 is 0 Å². The summed E-state index contributed by atoms with van der Waals surface area (Å²) in [7, 11) is 1.75. The molecule has 2 rings (SSSR count). The van der Waals surface area contributed by atoms with Crippen LogP contribution in [0, 0.1) is 24.0 Å². The van der Waals surface area contributed by atoms with Gasteiger partial charge in [-0.3, -0.25) is 19.6 Å². The standard InChI is InChI=1S/C16H19N5O5/c1-8-14(9(2)20(4)19-8)18-15(22)10(3)26-16(23)12-6-5-11(21(24)25)7-13(12)17/h5-7,10H,17H2,1-4H3,(H,18,22). The average Bonchev–Trinajstić information content (AvgIpc) is 2.80. The zero-order chi connectivity index (χ0) is 19.6. The number of esters is 1. The van der Waals surface area contributed by atoms with Crippen LogP contribution < -0.4 is 11.1 Å². The van der Waals surface area contributed by atoms with Crippen LogP contribution in [0.1, 0.15) is 28.7 Å². The Hall–Kier alpha value is -3.43. The molecule has 1 heterocycles. The topological polar surface area (TPSA) is 142 Å². The average molecular weight is 361 g/mol. The molecule has 1 aromatic heterocycles. The van der Waals surface area contributed by atoms with Gasteiger partial charge in [0.25, 0.3) is 11.6 Å². The summed E-state index contributed by atoms with van der Waals surface area (Å²) in [5.41, 5.74) is 7.21. The molecule has 3 N–H and O–H groups in total. The number of carbonyl (C=O) groups excluding carboxylic acids is 2. The predicted molar refractivity (Wildman–Crippen MR) is 93.7 cm³/mol. The lowest BCUT2D eigenvalue weighted by Crippen LogP contribution is -2.30. The van der Waals surface area contributed by atoms with Crippen molar-refractivity contribution in [2.24, 2.45) is 7.05 Å². The second-order valence-electron chi connectivity index (χ2n) is 5.73. The fourth-order valence-electron chi connectivity index (χ4n) is 2.31. The zero-order valence-electron chi connectivity index (χ0n) is 14.8. The maximum atomic E-state index is 12.3. The Balaban J connectivity index is 2.09. The first-order valence-corrected chi connectivity index (χ1v) is 7.67. The van der Waals surface area contributed by atoms with Gasteiger partial charge in [-0.1, -0.05) is 0 Å². The highest BCUT2D eigenvalue weighted by atomic mass is 16.6.